The van der Waals surface area contributed by atoms with Crippen LogP contribution in [0.4, 0.5) is 0 Å². The SMILES string of the molecule is C=C(C)C1=C/C(C(=C)C)=C\C(C(=C)C)=C/C(C(=C)C)=C\1. The number of allylic oxidation sites excluding steroid dienone is 12. The molecule has 0 amide bonds. The molecule has 0 N–H and O–H groups in total. The largest absolute Gasteiger partial charge is 0.0955 e. The van der Waals surface area contributed by atoms with E-state index in [-0.39, 0.29) is 0 Å². The summed E-state index contributed by atoms with van der Waals surface area (Å²) in [6.07, 6.45) is 8.51. The number of rotatable bonds is 4. The van der Waals surface area contributed by atoms with E-state index in [2.05, 4.69) is 50.6 Å². The maximum absolute atomic E-state index is 4.06. The molecule has 0 spiro atoms. The van der Waals surface area contributed by atoms with Crippen molar-refractivity contribution >= 4 is 0 Å². The Hall–Kier alpha value is -2.08. The second-order valence-corrected chi connectivity index (χ2v) is 5.52. The first-order valence-electron chi connectivity index (χ1n) is 6.72. The first kappa shape index (κ1) is 16.0. The van der Waals surface area contributed by atoms with Crippen molar-refractivity contribution in [3.05, 3.63) is 95.2 Å². The van der Waals surface area contributed by atoms with Gasteiger partial charge in [0.05, 0.1) is 0 Å². The maximum Gasteiger partial charge on any atom is -0.0221 e. The normalized spacial score (nSPS) is 25.4. The lowest BCUT2D eigenvalue weighted by atomic mass is 9.91. The predicted octanol–water partition coefficient (Wildman–Crippen LogP) is 6.01. The van der Waals surface area contributed by atoms with Crippen LogP contribution in [0.3, 0.4) is 0 Å². The van der Waals surface area contributed by atoms with Gasteiger partial charge in [-0.05, 0) is 74.3 Å². The van der Waals surface area contributed by atoms with E-state index in [9.17, 15) is 0 Å². The summed E-state index contributed by atoms with van der Waals surface area (Å²) >= 11 is 0. The highest BCUT2D eigenvalue weighted by molar-refractivity contribution is 5.60. The fraction of sp³-hybridized carbons (Fsp3) is 0.200. The fourth-order valence-electron chi connectivity index (χ4n) is 1.82. The van der Waals surface area contributed by atoms with E-state index < -0.39 is 0 Å². The van der Waals surface area contributed by atoms with Crippen LogP contribution >= 0.6 is 0 Å². The minimum Gasteiger partial charge on any atom is -0.0955 e. The van der Waals surface area contributed by atoms with Crippen LogP contribution in [0.2, 0.25) is 0 Å². The summed E-state index contributed by atoms with van der Waals surface area (Å²) in [5.74, 6) is 0. The lowest BCUT2D eigenvalue weighted by molar-refractivity contribution is 1.31. The van der Waals surface area contributed by atoms with Crippen LogP contribution < -0.4 is 0 Å². The Kier molecular flexibility index (Phi) is 5.10. The van der Waals surface area contributed by atoms with Gasteiger partial charge in [0, 0.05) is 0 Å². The average molecular weight is 264 g/mol. The Balaban J connectivity index is 3.57. The molecule has 0 fully saturated rings. The van der Waals surface area contributed by atoms with Gasteiger partial charge in [0.15, 0.2) is 0 Å². The lowest BCUT2D eigenvalue weighted by Crippen LogP contribution is -1.95. The van der Waals surface area contributed by atoms with E-state index in [0.29, 0.717) is 0 Å². The van der Waals surface area contributed by atoms with Crippen molar-refractivity contribution in [2.24, 2.45) is 0 Å². The summed E-state index contributed by atoms with van der Waals surface area (Å²) in [4.78, 5) is 0. The maximum atomic E-state index is 4.06. The van der Waals surface area contributed by atoms with E-state index in [0.717, 1.165) is 44.6 Å². The second kappa shape index (κ2) is 6.38. The zero-order valence-electron chi connectivity index (χ0n) is 13.1. The Labute approximate surface area is 123 Å². The van der Waals surface area contributed by atoms with Crippen molar-refractivity contribution in [2.45, 2.75) is 27.7 Å². The van der Waals surface area contributed by atoms with Gasteiger partial charge in [-0.1, -0.05) is 48.6 Å². The molecule has 0 aliphatic heterocycles. The van der Waals surface area contributed by atoms with Gasteiger partial charge >= 0.3 is 0 Å². The summed E-state index contributed by atoms with van der Waals surface area (Å²) in [6.45, 7) is 24.3. The second-order valence-electron chi connectivity index (χ2n) is 5.52. The topological polar surface area (TPSA) is 0 Å². The van der Waals surface area contributed by atoms with E-state index >= 15 is 0 Å². The van der Waals surface area contributed by atoms with Crippen molar-refractivity contribution in [2.75, 3.05) is 0 Å². The van der Waals surface area contributed by atoms with Gasteiger partial charge in [-0.25, -0.2) is 0 Å². The Morgan fingerprint density at radius 3 is 0.750 bits per heavy atom. The molecule has 104 valence electrons. The van der Waals surface area contributed by atoms with Gasteiger partial charge < -0.3 is 0 Å². The molecule has 1 aliphatic carbocycles. The smallest absolute Gasteiger partial charge is 0.0221 e. The molecule has 0 radical (unpaired) electrons. The lowest BCUT2D eigenvalue weighted by Gasteiger charge is -2.14. The summed E-state index contributed by atoms with van der Waals surface area (Å²) in [5, 5.41) is 0. The monoisotopic (exact) mass is 264 g/mol. The van der Waals surface area contributed by atoms with Crippen LogP contribution in [0.15, 0.2) is 95.2 Å². The molecule has 0 heterocycles. The van der Waals surface area contributed by atoms with Crippen molar-refractivity contribution < 1.29 is 0 Å². The first-order valence-corrected chi connectivity index (χ1v) is 6.72. The third-order valence-electron chi connectivity index (χ3n) is 3.22. The zero-order valence-corrected chi connectivity index (χ0v) is 13.1. The molecular formula is C20H24. The summed E-state index contributed by atoms with van der Waals surface area (Å²) in [7, 11) is 0. The van der Waals surface area contributed by atoms with Crippen LogP contribution in [-0.4, -0.2) is 0 Å². The highest BCUT2D eigenvalue weighted by Crippen LogP contribution is 2.27. The Morgan fingerprint density at radius 2 is 0.650 bits per heavy atom. The molecule has 0 aromatic heterocycles. The number of hydrogen-bond acceptors (Lipinski definition) is 0. The van der Waals surface area contributed by atoms with E-state index in [1.54, 1.807) is 0 Å². The van der Waals surface area contributed by atoms with Gasteiger partial charge in [0.1, 0.15) is 0 Å². The van der Waals surface area contributed by atoms with Gasteiger partial charge in [-0.3, -0.25) is 0 Å². The molecule has 0 bridgehead atoms. The van der Waals surface area contributed by atoms with Crippen LogP contribution in [0.1, 0.15) is 27.7 Å². The molecule has 0 atom stereocenters. The molecule has 1 rings (SSSR count). The minimum absolute atomic E-state index is 1.03. The molecule has 0 saturated carbocycles. The summed E-state index contributed by atoms with van der Waals surface area (Å²) < 4.78 is 0. The average Bonchev–Trinajstić information content (AvgIpc) is 2.26. The fourth-order valence-corrected chi connectivity index (χ4v) is 1.82. The van der Waals surface area contributed by atoms with Crippen molar-refractivity contribution in [1.29, 1.82) is 0 Å². The predicted molar refractivity (Wildman–Crippen MR) is 91.6 cm³/mol. The van der Waals surface area contributed by atoms with E-state index in [1.165, 1.54) is 0 Å². The van der Waals surface area contributed by atoms with Crippen LogP contribution in [0, 0.1) is 0 Å². The molecule has 0 unspecified atom stereocenters. The van der Waals surface area contributed by atoms with Gasteiger partial charge in [0.2, 0.25) is 0 Å². The van der Waals surface area contributed by atoms with Crippen LogP contribution in [0.5, 0.6) is 0 Å². The molecule has 0 aromatic carbocycles. The van der Waals surface area contributed by atoms with Gasteiger partial charge in [-0.2, -0.15) is 0 Å². The molecule has 1 aliphatic rings. The van der Waals surface area contributed by atoms with Gasteiger partial charge in [-0.15, -0.1) is 0 Å². The first-order chi connectivity index (χ1) is 9.22. The molecule has 20 heavy (non-hydrogen) atoms. The Bertz CT molecular complexity index is 487. The van der Waals surface area contributed by atoms with Crippen LogP contribution in [-0.2, 0) is 0 Å². The zero-order chi connectivity index (χ0) is 15.4. The Morgan fingerprint density at radius 1 is 0.500 bits per heavy atom. The van der Waals surface area contributed by atoms with Crippen LogP contribution in [0.25, 0.3) is 0 Å². The standard InChI is InChI=1S/C20H24/c1-13(2)17-9-18(14(3)4)11-20(16(7)8)12-19(10-17)15(5)6/h9-12H,1,3,5,7H2,2,4,6,8H3/b17-9+,17-10?,18-9?,18-11+,19-10+,19-12?,20-11?,20-12+. The van der Waals surface area contributed by atoms with Gasteiger partial charge in [0.25, 0.3) is 0 Å². The quantitative estimate of drug-likeness (QED) is 0.583. The van der Waals surface area contributed by atoms with Crippen molar-refractivity contribution in [3.63, 3.8) is 0 Å². The molecule has 0 heteroatoms. The molecular weight excluding hydrogens is 240 g/mol. The third kappa shape index (κ3) is 3.96. The van der Waals surface area contributed by atoms with E-state index in [4.69, 9.17) is 0 Å². The summed E-state index contributed by atoms with van der Waals surface area (Å²) in [5.41, 5.74) is 8.55. The number of hydrogen-bond donors (Lipinski definition) is 0. The molecule has 0 saturated heterocycles. The van der Waals surface area contributed by atoms with Crippen molar-refractivity contribution in [3.8, 4) is 0 Å². The minimum atomic E-state index is 1.03. The summed E-state index contributed by atoms with van der Waals surface area (Å²) in [6, 6.07) is 0. The highest BCUT2D eigenvalue weighted by Gasteiger charge is 2.08. The van der Waals surface area contributed by atoms with Crippen molar-refractivity contribution in [1.82, 2.24) is 0 Å². The molecule has 0 nitrogen and oxygen atoms in total. The highest BCUT2D eigenvalue weighted by atomic mass is 14.1. The van der Waals surface area contributed by atoms with E-state index in [1.807, 2.05) is 27.7 Å². The molecule has 0 aromatic rings. The third-order valence-corrected chi connectivity index (χ3v) is 3.22.